The highest BCUT2D eigenvalue weighted by atomic mass is 32.2. The summed E-state index contributed by atoms with van der Waals surface area (Å²) in [4.78, 5) is 32.7. The van der Waals surface area contributed by atoms with Crippen LogP contribution in [0.25, 0.3) is 0 Å². The normalized spacial score (nSPS) is 18.1. The Labute approximate surface area is 161 Å². The largest absolute Gasteiger partial charge is 0.425 e. The molecule has 0 bridgehead atoms. The van der Waals surface area contributed by atoms with Crippen molar-refractivity contribution in [2.45, 2.75) is 43.3 Å². The zero-order chi connectivity index (χ0) is 18.8. The van der Waals surface area contributed by atoms with Gasteiger partial charge >= 0.3 is 5.97 Å². The van der Waals surface area contributed by atoms with Crippen LogP contribution in [0.2, 0.25) is 0 Å². The second-order valence-corrected chi connectivity index (χ2v) is 7.34. The molecule has 1 aliphatic heterocycles. The summed E-state index contributed by atoms with van der Waals surface area (Å²) in [6.07, 6.45) is 5.81. The number of esters is 1. The molecular formula is C19H20N4O3S. The van der Waals surface area contributed by atoms with Crippen LogP contribution in [0.3, 0.4) is 0 Å². The van der Waals surface area contributed by atoms with E-state index in [4.69, 9.17) is 4.74 Å². The molecule has 1 amide bonds. The molecule has 1 aromatic heterocycles. The van der Waals surface area contributed by atoms with Crippen molar-refractivity contribution in [3.8, 4) is 5.75 Å². The molecular weight excluding hydrogens is 364 g/mol. The molecule has 7 nitrogen and oxygen atoms in total. The SMILES string of the molecule is CSc1nc2c(c(Nc3cccc(OC(=O)C4CCC(=O)N4)c3)n1)CCC2. The summed E-state index contributed by atoms with van der Waals surface area (Å²) in [7, 11) is 0. The van der Waals surface area contributed by atoms with Gasteiger partial charge in [-0.2, -0.15) is 0 Å². The molecule has 0 saturated carbocycles. The van der Waals surface area contributed by atoms with Gasteiger partial charge in [-0.3, -0.25) is 4.79 Å². The molecule has 4 rings (SSSR count). The number of hydrogen-bond donors (Lipinski definition) is 2. The third-order valence-electron chi connectivity index (χ3n) is 4.69. The van der Waals surface area contributed by atoms with Crippen molar-refractivity contribution in [3.63, 3.8) is 0 Å². The van der Waals surface area contributed by atoms with E-state index in [1.54, 1.807) is 12.1 Å². The number of amides is 1. The fraction of sp³-hybridized carbons (Fsp3) is 0.368. The lowest BCUT2D eigenvalue weighted by molar-refractivity contribution is -0.137. The third-order valence-corrected chi connectivity index (χ3v) is 5.24. The van der Waals surface area contributed by atoms with E-state index in [1.165, 1.54) is 11.8 Å². The van der Waals surface area contributed by atoms with Crippen molar-refractivity contribution in [2.24, 2.45) is 0 Å². The Morgan fingerprint density at radius 3 is 2.96 bits per heavy atom. The summed E-state index contributed by atoms with van der Waals surface area (Å²) in [6, 6.07) is 6.63. The first kappa shape index (κ1) is 17.8. The average molecular weight is 384 g/mol. The van der Waals surface area contributed by atoms with Crippen LogP contribution in [0.5, 0.6) is 5.75 Å². The van der Waals surface area contributed by atoms with Crippen LogP contribution in [-0.4, -0.2) is 34.1 Å². The molecule has 2 N–H and O–H groups in total. The van der Waals surface area contributed by atoms with Crippen LogP contribution in [0.1, 0.15) is 30.5 Å². The van der Waals surface area contributed by atoms with Gasteiger partial charge in [0.1, 0.15) is 17.6 Å². The first-order valence-electron chi connectivity index (χ1n) is 8.94. The van der Waals surface area contributed by atoms with Gasteiger partial charge in [-0.15, -0.1) is 0 Å². The van der Waals surface area contributed by atoms with Gasteiger partial charge in [-0.05, 0) is 44.1 Å². The first-order chi connectivity index (χ1) is 13.1. The minimum absolute atomic E-state index is 0.116. The molecule has 0 spiro atoms. The summed E-state index contributed by atoms with van der Waals surface area (Å²) < 4.78 is 5.43. The fourth-order valence-corrected chi connectivity index (χ4v) is 3.74. The van der Waals surface area contributed by atoms with Gasteiger partial charge < -0.3 is 15.4 Å². The lowest BCUT2D eigenvalue weighted by Gasteiger charge is -2.13. The van der Waals surface area contributed by atoms with E-state index in [2.05, 4.69) is 20.6 Å². The van der Waals surface area contributed by atoms with Gasteiger partial charge in [0.25, 0.3) is 0 Å². The second-order valence-electron chi connectivity index (χ2n) is 6.57. The van der Waals surface area contributed by atoms with E-state index >= 15 is 0 Å². The molecule has 1 unspecified atom stereocenters. The Hall–Kier alpha value is -2.61. The molecule has 1 aromatic carbocycles. The molecule has 8 heteroatoms. The maximum Gasteiger partial charge on any atom is 0.334 e. The number of carbonyl (C=O) groups is 2. The number of benzene rings is 1. The number of carbonyl (C=O) groups excluding carboxylic acids is 2. The Morgan fingerprint density at radius 1 is 1.30 bits per heavy atom. The quantitative estimate of drug-likeness (QED) is 0.354. The molecule has 140 valence electrons. The zero-order valence-corrected chi connectivity index (χ0v) is 15.8. The molecule has 1 atom stereocenters. The summed E-state index contributed by atoms with van der Waals surface area (Å²) in [5, 5.41) is 6.71. The van der Waals surface area contributed by atoms with Crippen LogP contribution in [0, 0.1) is 0 Å². The van der Waals surface area contributed by atoms with Gasteiger partial charge in [-0.25, -0.2) is 14.8 Å². The number of nitrogens with one attached hydrogen (secondary N) is 2. The smallest absolute Gasteiger partial charge is 0.334 e. The van der Waals surface area contributed by atoms with Gasteiger partial charge in [0.15, 0.2) is 5.16 Å². The molecule has 27 heavy (non-hydrogen) atoms. The molecule has 2 aliphatic rings. The average Bonchev–Trinajstić information content (AvgIpc) is 3.30. The van der Waals surface area contributed by atoms with Gasteiger partial charge in [0, 0.05) is 23.7 Å². The molecule has 2 aromatic rings. The topological polar surface area (TPSA) is 93.2 Å². The maximum atomic E-state index is 12.2. The van der Waals surface area contributed by atoms with Crippen molar-refractivity contribution in [1.29, 1.82) is 0 Å². The fourth-order valence-electron chi connectivity index (χ4n) is 3.36. The second kappa shape index (κ2) is 7.56. The van der Waals surface area contributed by atoms with Crippen molar-refractivity contribution in [1.82, 2.24) is 15.3 Å². The summed E-state index contributed by atoms with van der Waals surface area (Å²) in [5.74, 6) is 0.690. The van der Waals surface area contributed by atoms with E-state index in [-0.39, 0.29) is 5.91 Å². The van der Waals surface area contributed by atoms with Crippen LogP contribution >= 0.6 is 11.8 Å². The Morgan fingerprint density at radius 2 is 2.19 bits per heavy atom. The number of nitrogens with zero attached hydrogens (tertiary/aromatic N) is 2. The third kappa shape index (κ3) is 3.90. The Balaban J connectivity index is 1.51. The number of aromatic nitrogens is 2. The van der Waals surface area contributed by atoms with Crippen LogP contribution in [0.4, 0.5) is 11.5 Å². The van der Waals surface area contributed by atoms with E-state index in [0.29, 0.717) is 18.6 Å². The monoisotopic (exact) mass is 384 g/mol. The summed E-state index contributed by atoms with van der Waals surface area (Å²) >= 11 is 1.52. The van der Waals surface area contributed by atoms with Gasteiger partial charge in [0.2, 0.25) is 5.91 Å². The number of thioether (sulfide) groups is 1. The van der Waals surface area contributed by atoms with Crippen molar-refractivity contribution < 1.29 is 14.3 Å². The number of rotatable bonds is 5. The molecule has 0 radical (unpaired) electrons. The number of fused-ring (bicyclic) bond motifs is 1. The molecule has 1 saturated heterocycles. The van der Waals surface area contributed by atoms with E-state index in [0.717, 1.165) is 47.2 Å². The molecule has 1 aliphatic carbocycles. The van der Waals surface area contributed by atoms with E-state index < -0.39 is 12.0 Å². The Bertz CT molecular complexity index is 903. The minimum Gasteiger partial charge on any atom is -0.425 e. The molecule has 2 heterocycles. The highest BCUT2D eigenvalue weighted by Gasteiger charge is 2.29. The van der Waals surface area contributed by atoms with Crippen molar-refractivity contribution in [3.05, 3.63) is 35.5 Å². The van der Waals surface area contributed by atoms with Gasteiger partial charge in [0.05, 0.1) is 5.69 Å². The summed E-state index contributed by atoms with van der Waals surface area (Å²) in [6.45, 7) is 0. The Kier molecular flexibility index (Phi) is 4.98. The van der Waals surface area contributed by atoms with Crippen molar-refractivity contribution >= 4 is 35.1 Å². The minimum atomic E-state index is -0.566. The highest BCUT2D eigenvalue weighted by molar-refractivity contribution is 7.98. The van der Waals surface area contributed by atoms with Crippen LogP contribution < -0.4 is 15.4 Å². The number of anilines is 2. The lowest BCUT2D eigenvalue weighted by Crippen LogP contribution is -2.36. The van der Waals surface area contributed by atoms with Crippen molar-refractivity contribution in [2.75, 3.05) is 11.6 Å². The van der Waals surface area contributed by atoms with Crippen LogP contribution in [0.15, 0.2) is 29.4 Å². The van der Waals surface area contributed by atoms with E-state index in [9.17, 15) is 9.59 Å². The van der Waals surface area contributed by atoms with E-state index in [1.807, 2.05) is 18.4 Å². The number of hydrogen-bond acceptors (Lipinski definition) is 7. The summed E-state index contributed by atoms with van der Waals surface area (Å²) in [5.41, 5.74) is 3.05. The molecule has 1 fully saturated rings. The number of aryl methyl sites for hydroxylation is 1. The maximum absolute atomic E-state index is 12.2. The van der Waals surface area contributed by atoms with Crippen LogP contribution in [-0.2, 0) is 22.4 Å². The highest BCUT2D eigenvalue weighted by Crippen LogP contribution is 2.31. The van der Waals surface area contributed by atoms with Gasteiger partial charge in [-0.1, -0.05) is 17.8 Å². The lowest BCUT2D eigenvalue weighted by atomic mass is 10.2. The zero-order valence-electron chi connectivity index (χ0n) is 14.9. The first-order valence-corrected chi connectivity index (χ1v) is 10.2. The number of ether oxygens (including phenoxy) is 1. The predicted molar refractivity (Wildman–Crippen MR) is 102 cm³/mol. The standard InChI is InChI=1S/C19H20N4O3S/c1-27-19-22-14-7-3-6-13(14)17(23-19)20-11-4-2-5-12(10-11)26-18(25)15-8-9-16(24)21-15/h2,4-5,10,15H,3,6-9H2,1H3,(H,21,24)(H,20,22,23). The predicted octanol–water partition coefficient (Wildman–Crippen LogP) is 2.61.